The Hall–Kier alpha value is -1.83. The normalized spacial score (nSPS) is 10.3. The standard InChI is InChI=1S/C18H19FINO3/c1-3-13-7-8-17(12(2)9-13)23-10-14-15(20)5-4-6-16(14)21-18(22)24-11-19/h4-9H,3,10-11H2,1-2H3,(H,21,22). The van der Waals surface area contributed by atoms with Gasteiger partial charge in [-0.2, -0.15) is 0 Å². The van der Waals surface area contributed by atoms with Crippen LogP contribution in [-0.4, -0.2) is 13.0 Å². The molecule has 0 heterocycles. The van der Waals surface area contributed by atoms with Crippen molar-refractivity contribution in [3.8, 4) is 5.75 Å². The Morgan fingerprint density at radius 1 is 1.29 bits per heavy atom. The average molecular weight is 443 g/mol. The van der Waals surface area contributed by atoms with Gasteiger partial charge in [0.05, 0.1) is 5.69 Å². The maximum Gasteiger partial charge on any atom is 0.413 e. The van der Waals surface area contributed by atoms with Gasteiger partial charge in [0.2, 0.25) is 6.86 Å². The van der Waals surface area contributed by atoms with Crippen LogP contribution in [0.3, 0.4) is 0 Å². The van der Waals surface area contributed by atoms with E-state index in [0.29, 0.717) is 5.69 Å². The Kier molecular flexibility index (Phi) is 6.84. The zero-order valence-electron chi connectivity index (χ0n) is 13.6. The van der Waals surface area contributed by atoms with Crippen LogP contribution in [0.25, 0.3) is 0 Å². The summed E-state index contributed by atoms with van der Waals surface area (Å²) in [6.45, 7) is 3.24. The fourth-order valence-electron chi connectivity index (χ4n) is 2.26. The number of carbonyl (C=O) groups excluding carboxylic acids is 1. The average Bonchev–Trinajstić information content (AvgIpc) is 2.55. The molecule has 2 rings (SSSR count). The molecule has 2 aromatic carbocycles. The molecular weight excluding hydrogens is 424 g/mol. The predicted octanol–water partition coefficient (Wildman–Crippen LogP) is 5.22. The molecule has 0 bridgehead atoms. The number of hydrogen-bond acceptors (Lipinski definition) is 3. The Morgan fingerprint density at radius 2 is 2.08 bits per heavy atom. The lowest BCUT2D eigenvalue weighted by Crippen LogP contribution is -2.15. The summed E-state index contributed by atoms with van der Waals surface area (Å²) < 4.78 is 23.2. The lowest BCUT2D eigenvalue weighted by atomic mass is 10.1. The summed E-state index contributed by atoms with van der Waals surface area (Å²) in [5.41, 5.74) is 3.67. The third-order valence-electron chi connectivity index (χ3n) is 3.56. The third kappa shape index (κ3) is 4.83. The lowest BCUT2D eigenvalue weighted by Gasteiger charge is -2.15. The summed E-state index contributed by atoms with van der Waals surface area (Å²) >= 11 is 2.17. The van der Waals surface area contributed by atoms with Gasteiger partial charge < -0.3 is 9.47 Å². The number of anilines is 1. The van der Waals surface area contributed by atoms with Crippen molar-refractivity contribution < 1.29 is 18.7 Å². The molecular formula is C18H19FINO3. The molecule has 0 aromatic heterocycles. The minimum atomic E-state index is -1.16. The van der Waals surface area contributed by atoms with Crippen LogP contribution < -0.4 is 10.1 Å². The number of aryl methyl sites for hydroxylation is 2. The number of benzene rings is 2. The smallest absolute Gasteiger partial charge is 0.413 e. The van der Waals surface area contributed by atoms with Crippen LogP contribution in [0.15, 0.2) is 36.4 Å². The van der Waals surface area contributed by atoms with E-state index < -0.39 is 13.0 Å². The van der Waals surface area contributed by atoms with Gasteiger partial charge in [-0.1, -0.05) is 25.1 Å². The van der Waals surface area contributed by atoms with E-state index in [1.54, 1.807) is 12.1 Å². The van der Waals surface area contributed by atoms with Crippen molar-refractivity contribution in [2.75, 3.05) is 12.2 Å². The first-order valence-electron chi connectivity index (χ1n) is 7.54. The van der Waals surface area contributed by atoms with Gasteiger partial charge in [-0.25, -0.2) is 9.18 Å². The van der Waals surface area contributed by atoms with Crippen molar-refractivity contribution in [3.63, 3.8) is 0 Å². The highest BCUT2D eigenvalue weighted by atomic mass is 127. The zero-order chi connectivity index (χ0) is 17.5. The molecule has 0 fully saturated rings. The van der Waals surface area contributed by atoms with E-state index in [1.807, 2.05) is 25.1 Å². The molecule has 4 nitrogen and oxygen atoms in total. The molecule has 0 radical (unpaired) electrons. The first-order chi connectivity index (χ1) is 11.5. The van der Waals surface area contributed by atoms with Gasteiger partial charge in [0, 0.05) is 9.13 Å². The number of halogens is 2. The molecule has 0 aliphatic rings. The van der Waals surface area contributed by atoms with Gasteiger partial charge >= 0.3 is 6.09 Å². The number of hydrogen-bond donors (Lipinski definition) is 1. The van der Waals surface area contributed by atoms with Crippen molar-refractivity contribution in [1.82, 2.24) is 0 Å². The molecule has 0 atom stereocenters. The topological polar surface area (TPSA) is 47.6 Å². The van der Waals surface area contributed by atoms with E-state index in [0.717, 1.165) is 26.9 Å². The monoisotopic (exact) mass is 443 g/mol. The summed E-state index contributed by atoms with van der Waals surface area (Å²) in [6.07, 6.45) is 0.145. The molecule has 0 unspecified atom stereocenters. The molecule has 24 heavy (non-hydrogen) atoms. The fourth-order valence-corrected chi connectivity index (χ4v) is 2.92. The maximum atomic E-state index is 12.1. The number of carbonyl (C=O) groups is 1. The number of ether oxygens (including phenoxy) is 2. The Morgan fingerprint density at radius 3 is 2.75 bits per heavy atom. The van der Waals surface area contributed by atoms with Crippen molar-refractivity contribution >= 4 is 34.4 Å². The molecule has 0 aliphatic carbocycles. The van der Waals surface area contributed by atoms with Crippen molar-refractivity contribution in [1.29, 1.82) is 0 Å². The number of amides is 1. The highest BCUT2D eigenvalue weighted by Gasteiger charge is 2.12. The Labute approximate surface area is 154 Å². The van der Waals surface area contributed by atoms with E-state index in [1.165, 1.54) is 5.56 Å². The van der Waals surface area contributed by atoms with E-state index in [2.05, 4.69) is 45.6 Å². The summed E-state index contributed by atoms with van der Waals surface area (Å²) in [5, 5.41) is 2.54. The van der Waals surface area contributed by atoms with Crippen molar-refractivity contribution in [3.05, 3.63) is 56.7 Å². The second-order valence-electron chi connectivity index (χ2n) is 5.17. The van der Waals surface area contributed by atoms with Gasteiger partial charge in [0.1, 0.15) is 12.4 Å². The Balaban J connectivity index is 2.16. The second kappa shape index (κ2) is 8.86. The molecule has 6 heteroatoms. The van der Waals surface area contributed by atoms with Crippen LogP contribution in [-0.2, 0) is 17.8 Å². The minimum Gasteiger partial charge on any atom is -0.489 e. The quantitative estimate of drug-likeness (QED) is 0.624. The summed E-state index contributed by atoms with van der Waals surface area (Å²) in [5.74, 6) is 0.795. The van der Waals surface area contributed by atoms with E-state index in [9.17, 15) is 9.18 Å². The van der Waals surface area contributed by atoms with Crippen LogP contribution in [0.5, 0.6) is 5.75 Å². The largest absolute Gasteiger partial charge is 0.489 e. The van der Waals surface area contributed by atoms with E-state index in [4.69, 9.17) is 4.74 Å². The molecule has 0 spiro atoms. The van der Waals surface area contributed by atoms with E-state index >= 15 is 0 Å². The number of alkyl halides is 1. The SMILES string of the molecule is CCc1ccc(OCc2c(I)cccc2NC(=O)OCF)c(C)c1. The van der Waals surface area contributed by atoms with Crippen LogP contribution in [0.4, 0.5) is 14.9 Å². The summed E-state index contributed by atoms with van der Waals surface area (Å²) in [6, 6.07) is 11.5. The van der Waals surface area contributed by atoms with Crippen molar-refractivity contribution in [2.24, 2.45) is 0 Å². The van der Waals surface area contributed by atoms with Gasteiger partial charge in [0.15, 0.2) is 0 Å². The molecule has 1 N–H and O–H groups in total. The van der Waals surface area contributed by atoms with Crippen LogP contribution in [0.1, 0.15) is 23.6 Å². The van der Waals surface area contributed by atoms with Gasteiger partial charge in [-0.05, 0) is 65.3 Å². The van der Waals surface area contributed by atoms with Gasteiger partial charge in [0.25, 0.3) is 0 Å². The Bertz CT molecular complexity index is 721. The molecule has 2 aromatic rings. The molecule has 0 aliphatic heterocycles. The van der Waals surface area contributed by atoms with Gasteiger partial charge in [-0.15, -0.1) is 0 Å². The van der Waals surface area contributed by atoms with Gasteiger partial charge in [-0.3, -0.25) is 5.32 Å². The minimum absolute atomic E-state index is 0.288. The molecule has 0 saturated heterocycles. The third-order valence-corrected chi connectivity index (χ3v) is 4.57. The van der Waals surface area contributed by atoms with Crippen LogP contribution in [0, 0.1) is 10.5 Å². The lowest BCUT2D eigenvalue weighted by molar-refractivity contribution is 0.111. The van der Waals surface area contributed by atoms with Crippen molar-refractivity contribution in [2.45, 2.75) is 26.9 Å². The maximum absolute atomic E-state index is 12.1. The number of rotatable bonds is 6. The second-order valence-corrected chi connectivity index (χ2v) is 6.34. The highest BCUT2D eigenvalue weighted by Crippen LogP contribution is 2.26. The predicted molar refractivity (Wildman–Crippen MR) is 100 cm³/mol. The molecule has 128 valence electrons. The molecule has 1 amide bonds. The first kappa shape index (κ1) is 18.5. The zero-order valence-corrected chi connectivity index (χ0v) is 15.7. The molecule has 0 saturated carbocycles. The highest BCUT2D eigenvalue weighted by molar-refractivity contribution is 14.1. The first-order valence-corrected chi connectivity index (χ1v) is 8.62. The fraction of sp³-hybridized carbons (Fsp3) is 0.278. The number of nitrogens with one attached hydrogen (secondary N) is 1. The van der Waals surface area contributed by atoms with E-state index in [-0.39, 0.29) is 6.61 Å². The summed E-state index contributed by atoms with van der Waals surface area (Å²) in [4.78, 5) is 11.5. The summed E-state index contributed by atoms with van der Waals surface area (Å²) in [7, 11) is 0. The van der Waals surface area contributed by atoms with Crippen LogP contribution >= 0.6 is 22.6 Å². The van der Waals surface area contributed by atoms with Crippen LogP contribution in [0.2, 0.25) is 0 Å².